The Hall–Kier alpha value is -2.04. The largest absolute Gasteiger partial charge is 0.477 e. The number of rotatable bonds is 6. The van der Waals surface area contributed by atoms with E-state index in [0.717, 1.165) is 11.3 Å². The summed E-state index contributed by atoms with van der Waals surface area (Å²) in [6.45, 7) is 2.33. The summed E-state index contributed by atoms with van der Waals surface area (Å²) in [5.74, 6) is 0.814. The van der Waals surface area contributed by atoms with Crippen LogP contribution >= 0.6 is 11.3 Å². The first kappa shape index (κ1) is 14.9. The zero-order valence-corrected chi connectivity index (χ0v) is 13.3. The van der Waals surface area contributed by atoms with Gasteiger partial charge >= 0.3 is 0 Å². The number of aromatic nitrogens is 4. The van der Waals surface area contributed by atoms with E-state index in [0.29, 0.717) is 24.0 Å². The molecule has 0 atom stereocenters. The average molecular weight is 339 g/mol. The lowest BCUT2D eigenvalue weighted by Crippen LogP contribution is -2.23. The monoisotopic (exact) mass is 339 g/mol. The zero-order chi connectivity index (χ0) is 15.6. The molecular weight excluding hydrogens is 326 g/mol. The van der Waals surface area contributed by atoms with Crippen molar-refractivity contribution in [2.75, 3.05) is 6.61 Å². The maximum absolute atomic E-state index is 12.1. The summed E-state index contributed by atoms with van der Waals surface area (Å²) in [5, 5.41) is 13.8. The van der Waals surface area contributed by atoms with Crippen molar-refractivity contribution in [2.45, 2.75) is 17.7 Å². The molecule has 0 radical (unpaired) electrons. The molecule has 8 nitrogen and oxygen atoms in total. The van der Waals surface area contributed by atoms with Crippen LogP contribution < -0.4 is 9.46 Å². The molecule has 3 aromatic rings. The van der Waals surface area contributed by atoms with Crippen molar-refractivity contribution in [1.29, 1.82) is 0 Å². The van der Waals surface area contributed by atoms with Gasteiger partial charge in [-0.15, -0.1) is 26.6 Å². The van der Waals surface area contributed by atoms with Crippen LogP contribution in [0.4, 0.5) is 0 Å². The van der Waals surface area contributed by atoms with E-state index in [2.05, 4.69) is 20.0 Å². The number of ether oxygens (including phenoxy) is 1. The summed E-state index contributed by atoms with van der Waals surface area (Å²) in [5.41, 5.74) is 0.522. The van der Waals surface area contributed by atoms with E-state index in [1.807, 2.05) is 6.92 Å². The van der Waals surface area contributed by atoms with Crippen molar-refractivity contribution in [3.05, 3.63) is 35.5 Å². The second-order valence-corrected chi connectivity index (χ2v) is 7.19. The molecular formula is C12H13N5O3S2. The Bertz CT molecular complexity index is 873. The number of nitrogens with one attached hydrogen (secondary N) is 1. The van der Waals surface area contributed by atoms with Gasteiger partial charge in [-0.3, -0.25) is 0 Å². The molecule has 0 aromatic carbocycles. The van der Waals surface area contributed by atoms with Crippen LogP contribution in [0.3, 0.4) is 0 Å². The Morgan fingerprint density at radius 2 is 2.18 bits per heavy atom. The lowest BCUT2D eigenvalue weighted by Gasteiger charge is -2.04. The number of hydrogen-bond acceptors (Lipinski definition) is 7. The molecule has 0 amide bonds. The highest BCUT2D eigenvalue weighted by atomic mass is 32.2. The Labute approximate surface area is 130 Å². The minimum absolute atomic E-state index is 0.00994. The first-order chi connectivity index (χ1) is 10.6. The van der Waals surface area contributed by atoms with Gasteiger partial charge in [0.25, 0.3) is 0 Å². The number of hydrogen-bond donors (Lipinski definition) is 1. The first-order valence-electron chi connectivity index (χ1n) is 6.47. The smallest absolute Gasteiger partial charge is 0.250 e. The SMILES string of the molecule is CCOc1ccc2nnc(CNS(=O)(=O)c3cccs3)n2n1. The van der Waals surface area contributed by atoms with Gasteiger partial charge in [-0.05, 0) is 24.4 Å². The number of fused-ring (bicyclic) bond motifs is 1. The Morgan fingerprint density at radius 1 is 1.32 bits per heavy atom. The summed E-state index contributed by atoms with van der Waals surface area (Å²) < 4.78 is 33.7. The fraction of sp³-hybridized carbons (Fsp3) is 0.250. The van der Waals surface area contributed by atoms with Crippen molar-refractivity contribution in [3.8, 4) is 5.88 Å². The molecule has 0 aliphatic carbocycles. The molecule has 3 rings (SSSR count). The van der Waals surface area contributed by atoms with Crippen LogP contribution in [0.5, 0.6) is 5.88 Å². The van der Waals surface area contributed by atoms with Gasteiger partial charge in [-0.2, -0.15) is 4.52 Å². The highest BCUT2D eigenvalue weighted by Crippen LogP contribution is 2.16. The number of sulfonamides is 1. The standard InChI is InChI=1S/C12H13N5O3S2/c1-2-20-11-6-5-9-14-15-10(17(9)16-11)8-13-22(18,19)12-4-3-7-21-12/h3-7,13H,2,8H2,1H3. The van der Waals surface area contributed by atoms with Gasteiger partial charge in [-0.1, -0.05) is 6.07 Å². The summed E-state index contributed by atoms with van der Waals surface area (Å²) in [6, 6.07) is 6.62. The second-order valence-electron chi connectivity index (χ2n) is 4.25. The highest BCUT2D eigenvalue weighted by Gasteiger charge is 2.17. The van der Waals surface area contributed by atoms with E-state index < -0.39 is 10.0 Å². The van der Waals surface area contributed by atoms with E-state index >= 15 is 0 Å². The van der Waals surface area contributed by atoms with Crippen LogP contribution in [-0.4, -0.2) is 34.8 Å². The molecule has 0 saturated carbocycles. The minimum Gasteiger partial charge on any atom is -0.477 e. The van der Waals surface area contributed by atoms with Crippen molar-refractivity contribution < 1.29 is 13.2 Å². The maximum Gasteiger partial charge on any atom is 0.250 e. The first-order valence-corrected chi connectivity index (χ1v) is 8.84. The summed E-state index contributed by atoms with van der Waals surface area (Å²) in [7, 11) is -3.55. The molecule has 0 saturated heterocycles. The molecule has 0 spiro atoms. The predicted molar refractivity (Wildman–Crippen MR) is 80.3 cm³/mol. The fourth-order valence-electron chi connectivity index (χ4n) is 1.80. The molecule has 116 valence electrons. The number of thiophene rings is 1. The number of nitrogens with zero attached hydrogens (tertiary/aromatic N) is 4. The van der Waals surface area contributed by atoms with Crippen molar-refractivity contribution >= 4 is 27.0 Å². The van der Waals surface area contributed by atoms with Crippen LogP contribution in [0.2, 0.25) is 0 Å². The lowest BCUT2D eigenvalue weighted by molar-refractivity contribution is 0.321. The molecule has 3 aromatic heterocycles. The molecule has 3 heterocycles. The Kier molecular flexibility index (Phi) is 4.05. The summed E-state index contributed by atoms with van der Waals surface area (Å²) >= 11 is 1.15. The maximum atomic E-state index is 12.1. The molecule has 0 aliphatic rings. The van der Waals surface area contributed by atoms with Crippen LogP contribution in [0.1, 0.15) is 12.7 Å². The summed E-state index contributed by atoms with van der Waals surface area (Å²) in [6.07, 6.45) is 0. The van der Waals surface area contributed by atoms with Gasteiger partial charge in [-0.25, -0.2) is 13.1 Å². The van der Waals surface area contributed by atoms with Crippen molar-refractivity contribution in [1.82, 2.24) is 24.5 Å². The van der Waals surface area contributed by atoms with Crippen molar-refractivity contribution in [3.63, 3.8) is 0 Å². The van der Waals surface area contributed by atoms with Gasteiger partial charge in [0.1, 0.15) is 4.21 Å². The van der Waals surface area contributed by atoms with E-state index in [4.69, 9.17) is 4.74 Å². The van der Waals surface area contributed by atoms with Gasteiger partial charge in [0.05, 0.1) is 13.2 Å². The molecule has 0 aliphatic heterocycles. The van der Waals surface area contributed by atoms with Gasteiger partial charge < -0.3 is 4.74 Å². The van der Waals surface area contributed by atoms with E-state index in [1.165, 1.54) is 4.52 Å². The molecule has 10 heteroatoms. The van der Waals surface area contributed by atoms with E-state index in [1.54, 1.807) is 29.6 Å². The molecule has 1 N–H and O–H groups in total. The van der Waals surface area contributed by atoms with Crippen LogP contribution in [0.25, 0.3) is 5.65 Å². The topological polar surface area (TPSA) is 98.5 Å². The predicted octanol–water partition coefficient (Wildman–Crippen LogP) is 1.06. The second kappa shape index (κ2) is 5.99. The quantitative estimate of drug-likeness (QED) is 0.721. The average Bonchev–Trinajstić information content (AvgIpc) is 3.16. The molecule has 0 fully saturated rings. The third-order valence-corrected chi connectivity index (χ3v) is 5.57. The van der Waals surface area contributed by atoms with Crippen LogP contribution in [0, 0.1) is 0 Å². The molecule has 22 heavy (non-hydrogen) atoms. The van der Waals surface area contributed by atoms with Crippen LogP contribution in [0.15, 0.2) is 33.9 Å². The van der Waals surface area contributed by atoms with Gasteiger partial charge in [0.2, 0.25) is 15.9 Å². The minimum atomic E-state index is -3.55. The zero-order valence-electron chi connectivity index (χ0n) is 11.6. The molecule has 0 unspecified atom stereocenters. The van der Waals surface area contributed by atoms with Gasteiger partial charge in [0.15, 0.2) is 11.5 Å². The van der Waals surface area contributed by atoms with Gasteiger partial charge in [0, 0.05) is 6.07 Å². The highest BCUT2D eigenvalue weighted by molar-refractivity contribution is 7.91. The fourth-order valence-corrected chi connectivity index (χ4v) is 3.82. The lowest BCUT2D eigenvalue weighted by atomic mass is 10.5. The van der Waals surface area contributed by atoms with E-state index in [9.17, 15) is 8.42 Å². The normalized spacial score (nSPS) is 11.9. The molecule has 0 bridgehead atoms. The third kappa shape index (κ3) is 2.93. The van der Waals surface area contributed by atoms with Crippen molar-refractivity contribution in [2.24, 2.45) is 0 Å². The van der Waals surface area contributed by atoms with E-state index in [-0.39, 0.29) is 10.8 Å². The third-order valence-electron chi connectivity index (χ3n) is 2.78. The van der Waals surface area contributed by atoms with Crippen LogP contribution in [-0.2, 0) is 16.6 Å². The summed E-state index contributed by atoms with van der Waals surface area (Å²) in [4.78, 5) is 0. The Morgan fingerprint density at radius 3 is 2.91 bits per heavy atom. The Balaban J connectivity index is 1.83.